The molecule has 1 aromatic carbocycles. The highest BCUT2D eigenvalue weighted by Crippen LogP contribution is 2.15. The number of rotatable bonds is 5. The highest BCUT2D eigenvalue weighted by Gasteiger charge is 2.15. The molecule has 3 rings (SSSR count). The number of hydrogen-bond acceptors (Lipinski definition) is 4. The number of imidazole rings is 2. The Kier molecular flexibility index (Phi) is 3.53. The molecule has 0 aliphatic rings. The number of hydrogen-bond donors (Lipinski definition) is 1. The molecule has 0 atom stereocenters. The van der Waals surface area contributed by atoms with E-state index in [4.69, 9.17) is 5.73 Å². The number of aryl methyl sites for hydroxylation is 1. The second-order valence-electron chi connectivity index (χ2n) is 4.96. The minimum Gasteiger partial charge on any atom is -0.335 e. The summed E-state index contributed by atoms with van der Waals surface area (Å²) < 4.78 is 3.77. The van der Waals surface area contributed by atoms with E-state index in [0.29, 0.717) is 18.8 Å². The zero-order valence-corrected chi connectivity index (χ0v) is 11.9. The predicted octanol–water partition coefficient (Wildman–Crippen LogP) is 1.15. The van der Waals surface area contributed by atoms with Crippen molar-refractivity contribution in [2.45, 2.75) is 13.0 Å². The van der Waals surface area contributed by atoms with Gasteiger partial charge in [0, 0.05) is 26.3 Å². The zero-order valence-electron chi connectivity index (χ0n) is 11.9. The van der Waals surface area contributed by atoms with E-state index < -0.39 is 0 Å². The summed E-state index contributed by atoms with van der Waals surface area (Å²) in [7, 11) is 1.92. The summed E-state index contributed by atoms with van der Waals surface area (Å²) in [4.78, 5) is 20.9. The maximum Gasteiger partial charge on any atom is 0.190 e. The molecule has 0 aliphatic carbocycles. The summed E-state index contributed by atoms with van der Waals surface area (Å²) in [5, 5.41) is 0. The number of carbonyl (C=O) groups is 1. The first-order chi connectivity index (χ1) is 10.2. The van der Waals surface area contributed by atoms with E-state index in [0.717, 1.165) is 16.9 Å². The minimum absolute atomic E-state index is 0.0378. The molecule has 108 valence electrons. The van der Waals surface area contributed by atoms with Crippen LogP contribution in [0.5, 0.6) is 0 Å². The highest BCUT2D eigenvalue weighted by atomic mass is 16.1. The molecule has 0 unspecified atom stereocenters. The van der Waals surface area contributed by atoms with Crippen LogP contribution in [0.25, 0.3) is 11.0 Å². The van der Waals surface area contributed by atoms with Crippen molar-refractivity contribution in [2.75, 3.05) is 6.54 Å². The van der Waals surface area contributed by atoms with Crippen molar-refractivity contribution < 1.29 is 4.79 Å². The van der Waals surface area contributed by atoms with Crippen LogP contribution < -0.4 is 5.73 Å². The standard InChI is InChI=1S/C15H17N5O/c1-19-13-5-3-2-4-11(13)18-15(19)8-14(21)12-9-20(7-6-16)10-17-12/h2-5,9-10H,6-8,16H2,1H3. The second kappa shape index (κ2) is 5.49. The van der Waals surface area contributed by atoms with Crippen molar-refractivity contribution in [3.63, 3.8) is 0 Å². The van der Waals surface area contributed by atoms with Crippen LogP contribution in [0, 0.1) is 0 Å². The van der Waals surface area contributed by atoms with Crippen molar-refractivity contribution in [3.05, 3.63) is 48.3 Å². The lowest BCUT2D eigenvalue weighted by Gasteiger charge is -2.00. The number of benzene rings is 1. The molecular formula is C15H17N5O. The van der Waals surface area contributed by atoms with Gasteiger partial charge in [0.15, 0.2) is 5.78 Å². The molecule has 0 radical (unpaired) electrons. The van der Waals surface area contributed by atoms with Gasteiger partial charge >= 0.3 is 0 Å². The molecule has 2 heterocycles. The number of aromatic nitrogens is 4. The number of para-hydroxylation sites is 2. The van der Waals surface area contributed by atoms with Crippen LogP contribution in [0.15, 0.2) is 36.8 Å². The molecule has 6 heteroatoms. The van der Waals surface area contributed by atoms with Crippen LogP contribution in [0.1, 0.15) is 16.3 Å². The number of nitrogens with two attached hydrogens (primary N) is 1. The maximum atomic E-state index is 12.3. The zero-order chi connectivity index (χ0) is 14.8. The third-order valence-electron chi connectivity index (χ3n) is 3.50. The molecule has 0 saturated heterocycles. The lowest BCUT2D eigenvalue weighted by molar-refractivity contribution is 0.0985. The van der Waals surface area contributed by atoms with Gasteiger partial charge in [0.05, 0.1) is 23.8 Å². The number of carbonyl (C=O) groups excluding carboxylic acids is 1. The van der Waals surface area contributed by atoms with Crippen LogP contribution >= 0.6 is 0 Å². The molecule has 0 fully saturated rings. The van der Waals surface area contributed by atoms with Crippen molar-refractivity contribution in [1.29, 1.82) is 0 Å². The summed E-state index contributed by atoms with van der Waals surface area (Å²) >= 11 is 0. The van der Waals surface area contributed by atoms with Crippen molar-refractivity contribution in [3.8, 4) is 0 Å². The van der Waals surface area contributed by atoms with Crippen molar-refractivity contribution in [2.24, 2.45) is 12.8 Å². The van der Waals surface area contributed by atoms with Gasteiger partial charge in [-0.15, -0.1) is 0 Å². The molecular weight excluding hydrogens is 266 g/mol. The molecule has 0 spiro atoms. The van der Waals surface area contributed by atoms with Crippen molar-refractivity contribution >= 4 is 16.8 Å². The fraction of sp³-hybridized carbons (Fsp3) is 0.267. The Hall–Kier alpha value is -2.47. The molecule has 2 aromatic heterocycles. The van der Waals surface area contributed by atoms with E-state index >= 15 is 0 Å². The summed E-state index contributed by atoms with van der Waals surface area (Å²) in [5.41, 5.74) is 7.86. The Balaban J connectivity index is 1.83. The summed E-state index contributed by atoms with van der Waals surface area (Å²) in [5.74, 6) is 0.707. The predicted molar refractivity (Wildman–Crippen MR) is 80.0 cm³/mol. The van der Waals surface area contributed by atoms with Gasteiger partial charge in [0.2, 0.25) is 0 Å². The van der Waals surface area contributed by atoms with Gasteiger partial charge in [-0.3, -0.25) is 4.79 Å². The van der Waals surface area contributed by atoms with Crippen LogP contribution in [0.3, 0.4) is 0 Å². The van der Waals surface area contributed by atoms with E-state index in [1.807, 2.05) is 40.4 Å². The van der Waals surface area contributed by atoms with Crippen LogP contribution in [-0.2, 0) is 20.0 Å². The van der Waals surface area contributed by atoms with Gasteiger partial charge in [-0.2, -0.15) is 0 Å². The fourth-order valence-corrected chi connectivity index (χ4v) is 2.36. The summed E-state index contributed by atoms with van der Waals surface area (Å²) in [6.45, 7) is 1.18. The van der Waals surface area contributed by atoms with Crippen LogP contribution in [0.2, 0.25) is 0 Å². The molecule has 0 bridgehead atoms. The van der Waals surface area contributed by atoms with Gasteiger partial charge in [-0.25, -0.2) is 9.97 Å². The van der Waals surface area contributed by atoms with Gasteiger partial charge in [-0.05, 0) is 12.1 Å². The van der Waals surface area contributed by atoms with Crippen LogP contribution in [-0.4, -0.2) is 31.4 Å². The Morgan fingerprint density at radius 1 is 1.33 bits per heavy atom. The van der Waals surface area contributed by atoms with Gasteiger partial charge in [0.1, 0.15) is 11.5 Å². The Labute approximate surface area is 122 Å². The van der Waals surface area contributed by atoms with E-state index in [1.165, 1.54) is 0 Å². The van der Waals surface area contributed by atoms with E-state index in [9.17, 15) is 4.79 Å². The first-order valence-corrected chi connectivity index (χ1v) is 6.84. The number of nitrogens with zero attached hydrogens (tertiary/aromatic N) is 4. The molecule has 3 aromatic rings. The van der Waals surface area contributed by atoms with E-state index in [2.05, 4.69) is 9.97 Å². The molecule has 0 amide bonds. The molecule has 6 nitrogen and oxygen atoms in total. The monoisotopic (exact) mass is 283 g/mol. The molecule has 21 heavy (non-hydrogen) atoms. The number of ketones is 1. The van der Waals surface area contributed by atoms with Crippen molar-refractivity contribution in [1.82, 2.24) is 19.1 Å². The average molecular weight is 283 g/mol. The quantitative estimate of drug-likeness (QED) is 0.712. The van der Waals surface area contributed by atoms with E-state index in [-0.39, 0.29) is 12.2 Å². The third-order valence-corrected chi connectivity index (χ3v) is 3.50. The molecule has 2 N–H and O–H groups in total. The molecule has 0 aliphatic heterocycles. The highest BCUT2D eigenvalue weighted by molar-refractivity contribution is 5.95. The lowest BCUT2D eigenvalue weighted by atomic mass is 10.2. The normalized spacial score (nSPS) is 11.1. The van der Waals surface area contributed by atoms with Gasteiger partial charge in [-0.1, -0.05) is 12.1 Å². The average Bonchev–Trinajstić information content (AvgIpc) is 3.06. The Morgan fingerprint density at radius 3 is 2.90 bits per heavy atom. The van der Waals surface area contributed by atoms with Gasteiger partial charge in [0.25, 0.3) is 0 Å². The fourth-order valence-electron chi connectivity index (χ4n) is 2.36. The van der Waals surface area contributed by atoms with Crippen LogP contribution in [0.4, 0.5) is 0 Å². The first kappa shape index (κ1) is 13.5. The SMILES string of the molecule is Cn1c(CC(=O)c2cn(CCN)cn2)nc2ccccc21. The second-order valence-corrected chi connectivity index (χ2v) is 4.96. The van der Waals surface area contributed by atoms with Gasteiger partial charge < -0.3 is 14.9 Å². The first-order valence-electron chi connectivity index (χ1n) is 6.84. The number of fused-ring (bicyclic) bond motifs is 1. The Morgan fingerprint density at radius 2 is 2.14 bits per heavy atom. The third kappa shape index (κ3) is 2.57. The Bertz CT molecular complexity index is 786. The lowest BCUT2D eigenvalue weighted by Crippen LogP contribution is -2.10. The smallest absolute Gasteiger partial charge is 0.190 e. The summed E-state index contributed by atoms with van der Waals surface area (Å²) in [6.07, 6.45) is 3.61. The maximum absolute atomic E-state index is 12.3. The summed E-state index contributed by atoms with van der Waals surface area (Å²) in [6, 6.07) is 7.84. The molecule has 0 saturated carbocycles. The largest absolute Gasteiger partial charge is 0.335 e. The number of Topliss-reactive ketones (excluding diaryl/α,β-unsaturated/α-hetero) is 1. The van der Waals surface area contributed by atoms with E-state index in [1.54, 1.807) is 12.5 Å². The minimum atomic E-state index is -0.0378. The topological polar surface area (TPSA) is 78.7 Å².